The Bertz CT molecular complexity index is 633. The van der Waals surface area contributed by atoms with Crippen molar-refractivity contribution >= 4 is 35.6 Å². The van der Waals surface area contributed by atoms with Crippen molar-refractivity contribution in [3.05, 3.63) is 59.9 Å². The van der Waals surface area contributed by atoms with Crippen molar-refractivity contribution in [1.82, 2.24) is 0 Å². The molecule has 1 unspecified atom stereocenters. The molecular formula is C16H19FIN3O2. The van der Waals surface area contributed by atoms with Crippen molar-refractivity contribution in [3.63, 3.8) is 0 Å². The molecule has 1 atom stereocenters. The third-order valence-corrected chi connectivity index (χ3v) is 3.05. The van der Waals surface area contributed by atoms with Gasteiger partial charge in [-0.2, -0.15) is 0 Å². The zero-order chi connectivity index (χ0) is 15.9. The highest BCUT2D eigenvalue weighted by atomic mass is 127. The lowest BCUT2D eigenvalue weighted by molar-refractivity contribution is 0.187. The maximum atomic E-state index is 12.8. The summed E-state index contributed by atoms with van der Waals surface area (Å²) in [6.45, 7) is 0.0839. The molecule has 2 aromatic carbocycles. The molecule has 2 aromatic rings. The molecule has 0 spiro atoms. The van der Waals surface area contributed by atoms with Crippen molar-refractivity contribution in [2.75, 3.05) is 19.0 Å². The van der Waals surface area contributed by atoms with Crippen molar-refractivity contribution in [2.45, 2.75) is 6.10 Å². The Morgan fingerprint density at radius 3 is 2.39 bits per heavy atom. The highest BCUT2D eigenvalue weighted by molar-refractivity contribution is 14.0. The van der Waals surface area contributed by atoms with E-state index in [9.17, 15) is 9.50 Å². The van der Waals surface area contributed by atoms with Crippen molar-refractivity contribution in [3.8, 4) is 5.75 Å². The Morgan fingerprint density at radius 2 is 1.83 bits per heavy atom. The van der Waals surface area contributed by atoms with Crippen LogP contribution in [0.25, 0.3) is 0 Å². The molecule has 0 heterocycles. The van der Waals surface area contributed by atoms with Crippen LogP contribution in [0.2, 0.25) is 0 Å². The zero-order valence-electron chi connectivity index (χ0n) is 12.6. The molecule has 0 amide bonds. The summed E-state index contributed by atoms with van der Waals surface area (Å²) in [7, 11) is 1.59. The van der Waals surface area contributed by atoms with E-state index >= 15 is 0 Å². The number of aliphatic hydroxyl groups excluding tert-OH is 1. The SMILES string of the molecule is COc1ccc(NC(N)=NCC(O)c2ccc(F)cc2)cc1.I. The average Bonchev–Trinajstić information content (AvgIpc) is 2.54. The highest BCUT2D eigenvalue weighted by Gasteiger charge is 2.07. The molecule has 5 nitrogen and oxygen atoms in total. The van der Waals surface area contributed by atoms with E-state index in [4.69, 9.17) is 10.5 Å². The lowest BCUT2D eigenvalue weighted by atomic mass is 10.1. The summed E-state index contributed by atoms with van der Waals surface area (Å²) in [4.78, 5) is 4.07. The smallest absolute Gasteiger partial charge is 0.193 e. The van der Waals surface area contributed by atoms with Crippen LogP contribution in [-0.4, -0.2) is 24.7 Å². The molecule has 2 rings (SSSR count). The molecule has 0 aromatic heterocycles. The molecule has 0 aliphatic heterocycles. The summed E-state index contributed by atoms with van der Waals surface area (Å²) in [6, 6.07) is 12.8. The van der Waals surface area contributed by atoms with E-state index in [0.29, 0.717) is 5.56 Å². The van der Waals surface area contributed by atoms with E-state index < -0.39 is 6.10 Å². The fourth-order valence-corrected chi connectivity index (χ4v) is 1.84. The van der Waals surface area contributed by atoms with Gasteiger partial charge in [-0.1, -0.05) is 12.1 Å². The van der Waals surface area contributed by atoms with Gasteiger partial charge in [0.25, 0.3) is 0 Å². The minimum absolute atomic E-state index is 0. The molecule has 23 heavy (non-hydrogen) atoms. The maximum Gasteiger partial charge on any atom is 0.193 e. The van der Waals surface area contributed by atoms with Crippen LogP contribution < -0.4 is 15.8 Å². The average molecular weight is 431 g/mol. The molecule has 0 saturated heterocycles. The monoisotopic (exact) mass is 431 g/mol. The predicted octanol–water partition coefficient (Wildman–Crippen LogP) is 2.91. The van der Waals surface area contributed by atoms with E-state index in [1.165, 1.54) is 24.3 Å². The second kappa shape index (κ2) is 9.31. The quantitative estimate of drug-likeness (QED) is 0.387. The number of rotatable bonds is 5. The summed E-state index contributed by atoms with van der Waals surface area (Å²) >= 11 is 0. The number of benzene rings is 2. The highest BCUT2D eigenvalue weighted by Crippen LogP contribution is 2.15. The fraction of sp³-hybridized carbons (Fsp3) is 0.188. The van der Waals surface area contributed by atoms with Crippen LogP contribution in [0.1, 0.15) is 11.7 Å². The summed E-state index contributed by atoms with van der Waals surface area (Å²) in [5.41, 5.74) is 7.11. The van der Waals surface area contributed by atoms with Gasteiger partial charge in [-0.3, -0.25) is 4.99 Å². The number of methoxy groups -OCH3 is 1. The molecule has 0 fully saturated rings. The van der Waals surface area contributed by atoms with Crippen LogP contribution in [0.5, 0.6) is 5.75 Å². The standard InChI is InChI=1S/C16H18FN3O2.HI/c1-22-14-8-6-13(7-9-14)20-16(18)19-10-15(21)11-2-4-12(17)5-3-11;/h2-9,15,21H,10H2,1H3,(H3,18,19,20);1H. The molecule has 0 aliphatic carbocycles. The number of guanidine groups is 1. The van der Waals surface area contributed by atoms with E-state index in [1.807, 2.05) is 0 Å². The zero-order valence-corrected chi connectivity index (χ0v) is 14.9. The maximum absolute atomic E-state index is 12.8. The van der Waals surface area contributed by atoms with Crippen molar-refractivity contribution in [1.29, 1.82) is 0 Å². The molecule has 0 aliphatic rings. The lowest BCUT2D eigenvalue weighted by Crippen LogP contribution is -2.23. The van der Waals surface area contributed by atoms with Crippen LogP contribution >= 0.6 is 24.0 Å². The number of nitrogens with one attached hydrogen (secondary N) is 1. The minimum atomic E-state index is -0.836. The largest absolute Gasteiger partial charge is 0.497 e. The number of nitrogens with two attached hydrogens (primary N) is 1. The Kier molecular flexibility index (Phi) is 7.76. The number of hydrogen-bond donors (Lipinski definition) is 3. The third-order valence-electron chi connectivity index (χ3n) is 3.05. The first-order chi connectivity index (χ1) is 10.6. The van der Waals surface area contributed by atoms with Crippen LogP contribution in [0, 0.1) is 5.82 Å². The van der Waals surface area contributed by atoms with E-state index in [2.05, 4.69) is 10.3 Å². The Hall–Kier alpha value is -1.87. The summed E-state index contributed by atoms with van der Waals surface area (Å²) in [5.74, 6) is 0.583. The normalized spacial score (nSPS) is 12.2. The summed E-state index contributed by atoms with van der Waals surface area (Å²) in [5, 5.41) is 12.9. The Morgan fingerprint density at radius 1 is 1.22 bits per heavy atom. The first-order valence-corrected chi connectivity index (χ1v) is 6.73. The minimum Gasteiger partial charge on any atom is -0.497 e. The Balaban J connectivity index is 0.00000264. The van der Waals surface area contributed by atoms with E-state index in [1.54, 1.807) is 31.4 Å². The number of hydrogen-bond acceptors (Lipinski definition) is 3. The van der Waals surface area contributed by atoms with E-state index in [0.717, 1.165) is 11.4 Å². The molecule has 4 N–H and O–H groups in total. The van der Waals surface area contributed by atoms with Crippen molar-refractivity contribution in [2.24, 2.45) is 10.7 Å². The number of ether oxygens (including phenoxy) is 1. The molecule has 0 saturated carbocycles. The summed E-state index contributed by atoms with van der Waals surface area (Å²) in [6.07, 6.45) is -0.836. The second-order valence-electron chi connectivity index (χ2n) is 4.65. The molecule has 7 heteroatoms. The third kappa shape index (κ3) is 6.03. The fourth-order valence-electron chi connectivity index (χ4n) is 1.84. The Labute approximate surface area is 151 Å². The van der Waals surface area contributed by atoms with Crippen LogP contribution in [0.4, 0.5) is 10.1 Å². The number of nitrogens with zero attached hydrogens (tertiary/aromatic N) is 1. The van der Waals surface area contributed by atoms with E-state index in [-0.39, 0.29) is 42.3 Å². The van der Waals surface area contributed by atoms with Gasteiger partial charge in [0.05, 0.1) is 19.8 Å². The van der Waals surface area contributed by atoms with Gasteiger partial charge in [0, 0.05) is 5.69 Å². The van der Waals surface area contributed by atoms with Gasteiger partial charge >= 0.3 is 0 Å². The van der Waals surface area contributed by atoms with Gasteiger partial charge in [-0.15, -0.1) is 24.0 Å². The van der Waals surface area contributed by atoms with Gasteiger partial charge in [-0.25, -0.2) is 4.39 Å². The van der Waals surface area contributed by atoms with Crippen LogP contribution in [-0.2, 0) is 0 Å². The molecule has 124 valence electrons. The first kappa shape index (κ1) is 19.2. The first-order valence-electron chi connectivity index (χ1n) is 6.73. The van der Waals surface area contributed by atoms with Crippen molar-refractivity contribution < 1.29 is 14.2 Å². The van der Waals surface area contributed by atoms with Gasteiger partial charge < -0.3 is 20.9 Å². The van der Waals surface area contributed by atoms with Gasteiger partial charge in [-0.05, 0) is 42.0 Å². The van der Waals surface area contributed by atoms with Gasteiger partial charge in [0.15, 0.2) is 5.96 Å². The topological polar surface area (TPSA) is 79.9 Å². The number of anilines is 1. The molecule has 0 bridgehead atoms. The predicted molar refractivity (Wildman–Crippen MR) is 99.9 cm³/mol. The molecular weight excluding hydrogens is 412 g/mol. The number of halogens is 2. The lowest BCUT2D eigenvalue weighted by Gasteiger charge is -2.10. The van der Waals surface area contributed by atoms with Crippen LogP contribution in [0.3, 0.4) is 0 Å². The van der Waals surface area contributed by atoms with Gasteiger partial charge in [0.2, 0.25) is 0 Å². The number of aliphatic imine (C=N–C) groups is 1. The van der Waals surface area contributed by atoms with Crippen LogP contribution in [0.15, 0.2) is 53.5 Å². The molecule has 0 radical (unpaired) electrons. The summed E-state index contributed by atoms with van der Waals surface area (Å²) < 4.78 is 17.9. The van der Waals surface area contributed by atoms with Gasteiger partial charge in [0.1, 0.15) is 11.6 Å². The second-order valence-corrected chi connectivity index (χ2v) is 4.65. The number of aliphatic hydroxyl groups is 1.